The fraction of sp³-hybridized carbons (Fsp3) is 0.786. The molecular formula is C14H22N2O4. The van der Waals surface area contributed by atoms with E-state index in [0.29, 0.717) is 0 Å². The largest absolute Gasteiger partial charge is 0.454 e. The molecule has 6 nitrogen and oxygen atoms in total. The zero-order valence-corrected chi connectivity index (χ0v) is 11.7. The van der Waals surface area contributed by atoms with Gasteiger partial charge in [0.25, 0.3) is 5.91 Å². The monoisotopic (exact) mass is 282 g/mol. The van der Waals surface area contributed by atoms with Crippen molar-refractivity contribution in [1.29, 1.82) is 0 Å². The number of amides is 2. The van der Waals surface area contributed by atoms with Crippen LogP contribution in [0.15, 0.2) is 0 Å². The molecule has 2 fully saturated rings. The molecule has 2 aliphatic carbocycles. The van der Waals surface area contributed by atoms with Crippen molar-refractivity contribution in [3.8, 4) is 0 Å². The Kier molecular flexibility index (Phi) is 5.38. The number of carbonyl (C=O) groups excluding carboxylic acids is 3. The van der Waals surface area contributed by atoms with Gasteiger partial charge in [0.15, 0.2) is 6.61 Å². The van der Waals surface area contributed by atoms with Crippen LogP contribution in [0.5, 0.6) is 0 Å². The second kappa shape index (κ2) is 7.26. The van der Waals surface area contributed by atoms with Crippen molar-refractivity contribution < 1.29 is 19.1 Å². The average Bonchev–Trinajstić information content (AvgIpc) is 3.27. The standard InChI is InChI=1S/C14H22N2O4/c17-12(16-11-6-7-11)9-20-13(18)8-15-14(19)10-4-2-1-3-5-10/h10-11H,1-9H2,(H,15,19)(H,16,17). The Balaban J connectivity index is 1.56. The molecule has 20 heavy (non-hydrogen) atoms. The highest BCUT2D eigenvalue weighted by atomic mass is 16.5. The maximum absolute atomic E-state index is 11.8. The van der Waals surface area contributed by atoms with Crippen molar-refractivity contribution in [2.45, 2.75) is 51.0 Å². The first-order chi connectivity index (χ1) is 9.65. The Labute approximate surface area is 118 Å². The van der Waals surface area contributed by atoms with Gasteiger partial charge >= 0.3 is 5.97 Å². The van der Waals surface area contributed by atoms with Crippen LogP contribution in [-0.2, 0) is 19.1 Å². The number of carbonyl (C=O) groups is 3. The Morgan fingerprint density at radius 2 is 1.70 bits per heavy atom. The maximum atomic E-state index is 11.8. The van der Waals surface area contributed by atoms with Crippen LogP contribution in [-0.4, -0.2) is 37.0 Å². The number of rotatable bonds is 6. The molecule has 0 aromatic rings. The van der Waals surface area contributed by atoms with Gasteiger partial charge in [0, 0.05) is 12.0 Å². The van der Waals surface area contributed by atoms with Gasteiger partial charge in [0.05, 0.1) is 0 Å². The molecule has 0 bridgehead atoms. The zero-order valence-electron chi connectivity index (χ0n) is 11.7. The molecule has 0 atom stereocenters. The molecule has 6 heteroatoms. The molecule has 0 radical (unpaired) electrons. The third kappa shape index (κ3) is 5.19. The molecule has 2 rings (SSSR count). The molecule has 0 spiro atoms. The molecule has 0 aliphatic heterocycles. The van der Waals surface area contributed by atoms with Gasteiger partial charge < -0.3 is 15.4 Å². The van der Waals surface area contributed by atoms with Crippen LogP contribution in [0.1, 0.15) is 44.9 Å². The molecule has 0 heterocycles. The Morgan fingerprint density at radius 1 is 1.00 bits per heavy atom. The third-order valence-electron chi connectivity index (χ3n) is 3.69. The van der Waals surface area contributed by atoms with Gasteiger partial charge in [-0.1, -0.05) is 19.3 Å². The Bertz CT molecular complexity index is 373. The van der Waals surface area contributed by atoms with Gasteiger partial charge in [-0.3, -0.25) is 14.4 Å². The van der Waals surface area contributed by atoms with Gasteiger partial charge in [0.1, 0.15) is 6.54 Å². The maximum Gasteiger partial charge on any atom is 0.325 e. The van der Waals surface area contributed by atoms with Gasteiger partial charge in [-0.05, 0) is 25.7 Å². The molecule has 2 N–H and O–H groups in total. The van der Waals surface area contributed by atoms with E-state index in [1.54, 1.807) is 0 Å². The number of hydrogen-bond donors (Lipinski definition) is 2. The molecule has 112 valence electrons. The molecular weight excluding hydrogens is 260 g/mol. The van der Waals surface area contributed by atoms with E-state index >= 15 is 0 Å². The van der Waals surface area contributed by atoms with E-state index in [1.807, 2.05) is 0 Å². The van der Waals surface area contributed by atoms with E-state index in [4.69, 9.17) is 4.74 Å². The molecule has 0 saturated heterocycles. The SMILES string of the molecule is O=C(COC(=O)CNC(=O)C1CCCCC1)NC1CC1. The van der Waals surface area contributed by atoms with Crippen LogP contribution in [0.2, 0.25) is 0 Å². The summed E-state index contributed by atoms with van der Waals surface area (Å²) in [5.41, 5.74) is 0. The van der Waals surface area contributed by atoms with E-state index < -0.39 is 5.97 Å². The predicted octanol–water partition coefficient (Wildman–Crippen LogP) is 0.505. The van der Waals surface area contributed by atoms with Crippen molar-refractivity contribution in [3.05, 3.63) is 0 Å². The highest BCUT2D eigenvalue weighted by Crippen LogP contribution is 2.23. The number of ether oxygens (including phenoxy) is 1. The quantitative estimate of drug-likeness (QED) is 0.695. The van der Waals surface area contributed by atoms with E-state index in [-0.39, 0.29) is 36.9 Å². The second-order valence-corrected chi connectivity index (χ2v) is 5.56. The summed E-state index contributed by atoms with van der Waals surface area (Å²) in [5.74, 6) is -0.904. The molecule has 2 amide bonds. The Hall–Kier alpha value is -1.59. The summed E-state index contributed by atoms with van der Waals surface area (Å²) < 4.78 is 4.80. The van der Waals surface area contributed by atoms with Crippen molar-refractivity contribution in [2.24, 2.45) is 5.92 Å². The van der Waals surface area contributed by atoms with Gasteiger partial charge in [-0.15, -0.1) is 0 Å². The first-order valence-corrected chi connectivity index (χ1v) is 7.38. The summed E-state index contributed by atoms with van der Waals surface area (Å²) in [5, 5.41) is 5.31. The fourth-order valence-corrected chi connectivity index (χ4v) is 2.36. The Morgan fingerprint density at radius 3 is 2.35 bits per heavy atom. The van der Waals surface area contributed by atoms with E-state index in [9.17, 15) is 14.4 Å². The summed E-state index contributed by atoms with van der Waals surface area (Å²) in [6.07, 6.45) is 7.11. The minimum absolute atomic E-state index is 0.0229. The first kappa shape index (κ1) is 14.8. The summed E-state index contributed by atoms with van der Waals surface area (Å²) in [6.45, 7) is -0.430. The van der Waals surface area contributed by atoms with Gasteiger partial charge in [-0.2, -0.15) is 0 Å². The fourth-order valence-electron chi connectivity index (χ4n) is 2.36. The molecule has 0 unspecified atom stereocenters. The zero-order chi connectivity index (χ0) is 14.4. The highest BCUT2D eigenvalue weighted by molar-refractivity contribution is 5.85. The summed E-state index contributed by atoms with van der Waals surface area (Å²) in [7, 11) is 0. The van der Waals surface area contributed by atoms with Crippen LogP contribution in [0, 0.1) is 5.92 Å². The summed E-state index contributed by atoms with van der Waals surface area (Å²) in [4.78, 5) is 34.5. The van der Waals surface area contributed by atoms with Crippen LogP contribution in [0.25, 0.3) is 0 Å². The molecule has 2 aliphatic rings. The number of nitrogens with one attached hydrogen (secondary N) is 2. The van der Waals surface area contributed by atoms with Crippen molar-refractivity contribution in [3.63, 3.8) is 0 Å². The van der Waals surface area contributed by atoms with Gasteiger partial charge in [0.2, 0.25) is 5.91 Å². The average molecular weight is 282 g/mol. The van der Waals surface area contributed by atoms with Gasteiger partial charge in [-0.25, -0.2) is 0 Å². The third-order valence-corrected chi connectivity index (χ3v) is 3.69. The lowest BCUT2D eigenvalue weighted by Gasteiger charge is -2.20. The topological polar surface area (TPSA) is 84.5 Å². The summed E-state index contributed by atoms with van der Waals surface area (Å²) >= 11 is 0. The van der Waals surface area contributed by atoms with E-state index in [1.165, 1.54) is 6.42 Å². The first-order valence-electron chi connectivity index (χ1n) is 7.38. The normalized spacial score (nSPS) is 19.2. The van der Waals surface area contributed by atoms with Crippen LogP contribution in [0.3, 0.4) is 0 Å². The summed E-state index contributed by atoms with van der Waals surface area (Å²) in [6, 6.07) is 0.257. The highest BCUT2D eigenvalue weighted by Gasteiger charge is 2.24. The minimum atomic E-state index is -0.569. The number of hydrogen-bond acceptors (Lipinski definition) is 4. The van der Waals surface area contributed by atoms with E-state index in [2.05, 4.69) is 10.6 Å². The van der Waals surface area contributed by atoms with Crippen LogP contribution < -0.4 is 10.6 Å². The lowest BCUT2D eigenvalue weighted by atomic mass is 9.89. The second-order valence-electron chi connectivity index (χ2n) is 5.56. The predicted molar refractivity (Wildman–Crippen MR) is 71.7 cm³/mol. The van der Waals surface area contributed by atoms with Crippen molar-refractivity contribution in [2.75, 3.05) is 13.2 Å². The van der Waals surface area contributed by atoms with Crippen molar-refractivity contribution >= 4 is 17.8 Å². The molecule has 0 aromatic heterocycles. The smallest absolute Gasteiger partial charge is 0.325 e. The van der Waals surface area contributed by atoms with Crippen LogP contribution in [0.4, 0.5) is 0 Å². The van der Waals surface area contributed by atoms with E-state index in [0.717, 1.165) is 38.5 Å². The number of esters is 1. The lowest BCUT2D eigenvalue weighted by Crippen LogP contribution is -2.37. The lowest BCUT2D eigenvalue weighted by molar-refractivity contribution is -0.148. The minimum Gasteiger partial charge on any atom is -0.454 e. The molecule has 2 saturated carbocycles. The van der Waals surface area contributed by atoms with Crippen molar-refractivity contribution in [1.82, 2.24) is 10.6 Å². The molecule has 0 aromatic carbocycles. The van der Waals surface area contributed by atoms with Crippen LogP contribution >= 0.6 is 0 Å².